The van der Waals surface area contributed by atoms with Gasteiger partial charge in [-0.2, -0.15) is 0 Å². The lowest BCUT2D eigenvalue weighted by molar-refractivity contribution is -0.733. The Bertz CT molecular complexity index is 634. The molecule has 1 aliphatic carbocycles. The summed E-state index contributed by atoms with van der Waals surface area (Å²) in [4.78, 5) is 0. The molecule has 0 spiro atoms. The van der Waals surface area contributed by atoms with E-state index >= 15 is 0 Å². The minimum absolute atomic E-state index is 0.369. The first-order valence-electron chi connectivity index (χ1n) is 7.20. The van der Waals surface area contributed by atoms with Crippen LogP contribution in [0.5, 0.6) is 0 Å². The number of aromatic nitrogens is 4. The van der Waals surface area contributed by atoms with Crippen LogP contribution in [0.3, 0.4) is 0 Å². The Morgan fingerprint density at radius 1 is 1.24 bits per heavy atom. The summed E-state index contributed by atoms with van der Waals surface area (Å²) in [7, 11) is 0. The van der Waals surface area contributed by atoms with E-state index in [2.05, 4.69) is 10.4 Å². The fourth-order valence-electron chi connectivity index (χ4n) is 2.81. The first kappa shape index (κ1) is 14.6. The average Bonchev–Trinajstić information content (AvgIpc) is 2.84. The molecule has 0 atom stereocenters. The van der Waals surface area contributed by atoms with Crippen molar-refractivity contribution in [2.24, 2.45) is 0 Å². The second-order valence-electron chi connectivity index (χ2n) is 5.47. The zero-order valence-corrected chi connectivity index (χ0v) is 13.2. The van der Waals surface area contributed by atoms with Crippen LogP contribution in [0.25, 0.3) is 0 Å². The quantitative estimate of drug-likeness (QED) is 0.882. The number of benzene rings is 1. The normalized spacial score (nSPS) is 16.3. The van der Waals surface area contributed by atoms with Gasteiger partial charge in [0.15, 0.2) is 0 Å². The van der Waals surface area contributed by atoms with E-state index in [1.54, 1.807) is 10.7 Å². The molecule has 0 bridgehead atoms. The Morgan fingerprint density at radius 2 is 2.00 bits per heavy atom. The monoisotopic (exact) mass is 326 g/mol. The molecule has 0 aliphatic heterocycles. The van der Waals surface area contributed by atoms with Gasteiger partial charge in [-0.05, 0) is 25.0 Å². The van der Waals surface area contributed by atoms with Gasteiger partial charge in [0, 0.05) is 15.6 Å². The van der Waals surface area contributed by atoms with Crippen molar-refractivity contribution in [2.45, 2.75) is 44.7 Å². The number of rotatable bonds is 3. The molecule has 1 aromatic heterocycles. The average molecular weight is 327 g/mol. The second kappa shape index (κ2) is 6.20. The van der Waals surface area contributed by atoms with Crippen molar-refractivity contribution < 1.29 is 4.68 Å². The summed E-state index contributed by atoms with van der Waals surface area (Å²) >= 11 is 12.1. The third kappa shape index (κ3) is 3.14. The Balaban J connectivity index is 1.81. The number of hydrogen-bond acceptors (Lipinski definition) is 3. The van der Waals surface area contributed by atoms with Gasteiger partial charge < -0.3 is 5.73 Å². The fourth-order valence-corrected chi connectivity index (χ4v) is 3.28. The molecule has 1 aliphatic rings. The van der Waals surface area contributed by atoms with Gasteiger partial charge in [0.25, 0.3) is 0 Å². The third-order valence-electron chi connectivity index (χ3n) is 4.00. The first-order valence-corrected chi connectivity index (χ1v) is 7.95. The van der Waals surface area contributed by atoms with Crippen molar-refractivity contribution in [1.29, 1.82) is 0 Å². The van der Waals surface area contributed by atoms with Crippen molar-refractivity contribution in [1.82, 2.24) is 15.1 Å². The molecule has 0 unspecified atom stereocenters. The van der Waals surface area contributed by atoms with Crippen LogP contribution in [0.2, 0.25) is 10.0 Å². The van der Waals surface area contributed by atoms with Crippen LogP contribution in [0.1, 0.15) is 43.7 Å². The van der Waals surface area contributed by atoms with E-state index in [1.807, 2.05) is 16.8 Å². The molecule has 1 aromatic carbocycles. The number of nitrogens with two attached hydrogens (primary N) is 1. The van der Waals surface area contributed by atoms with E-state index in [0.717, 1.165) is 18.4 Å². The maximum absolute atomic E-state index is 6.19. The van der Waals surface area contributed by atoms with Crippen molar-refractivity contribution in [2.75, 3.05) is 5.73 Å². The summed E-state index contributed by atoms with van der Waals surface area (Å²) in [5.74, 6) is 0.577. The minimum atomic E-state index is 0.369. The van der Waals surface area contributed by atoms with Crippen LogP contribution in [0.15, 0.2) is 18.2 Å². The molecule has 1 fully saturated rings. The predicted octanol–water partition coefficient (Wildman–Crippen LogP) is 3.01. The van der Waals surface area contributed by atoms with E-state index in [4.69, 9.17) is 28.9 Å². The van der Waals surface area contributed by atoms with Crippen LogP contribution in [-0.2, 0) is 6.54 Å². The third-order valence-corrected chi connectivity index (χ3v) is 4.59. The van der Waals surface area contributed by atoms with E-state index in [1.165, 1.54) is 19.3 Å². The summed E-state index contributed by atoms with van der Waals surface area (Å²) in [6.07, 6.45) is 6.00. The number of hydrogen-bond donors (Lipinski definition) is 1. The molecule has 5 nitrogen and oxygen atoms in total. The van der Waals surface area contributed by atoms with Crippen molar-refractivity contribution in [3.8, 4) is 0 Å². The number of tetrazole rings is 1. The second-order valence-corrected chi connectivity index (χ2v) is 6.31. The Hall–Kier alpha value is -1.33. The largest absolute Gasteiger partial charge is 0.363 e. The zero-order chi connectivity index (χ0) is 14.8. The lowest BCUT2D eigenvalue weighted by atomic mass is 9.96. The molecule has 1 heterocycles. The molecular weight excluding hydrogens is 309 g/mol. The molecule has 112 valence electrons. The maximum Gasteiger partial charge on any atom is 0.363 e. The molecular formula is C14H18Cl2N5+. The summed E-state index contributed by atoms with van der Waals surface area (Å²) in [6.45, 7) is 0.495. The van der Waals surface area contributed by atoms with Crippen molar-refractivity contribution >= 4 is 29.2 Å². The van der Waals surface area contributed by atoms with Crippen LogP contribution in [0.4, 0.5) is 5.95 Å². The number of nitrogen functional groups attached to an aromatic ring is 1. The summed E-state index contributed by atoms with van der Waals surface area (Å²) in [5, 5.41) is 9.61. The van der Waals surface area contributed by atoms with Crippen LogP contribution < -0.4 is 10.4 Å². The molecule has 7 heteroatoms. The molecule has 3 rings (SSSR count). The summed E-state index contributed by atoms with van der Waals surface area (Å²) < 4.78 is 3.53. The maximum atomic E-state index is 6.19. The smallest absolute Gasteiger partial charge is 0.306 e. The van der Waals surface area contributed by atoms with E-state index in [0.29, 0.717) is 28.6 Å². The highest BCUT2D eigenvalue weighted by Gasteiger charge is 2.26. The van der Waals surface area contributed by atoms with Gasteiger partial charge in [-0.25, -0.2) is 0 Å². The molecule has 2 aromatic rings. The molecule has 2 N–H and O–H groups in total. The Morgan fingerprint density at radius 3 is 2.71 bits per heavy atom. The van der Waals surface area contributed by atoms with Gasteiger partial charge in [0.2, 0.25) is 0 Å². The highest BCUT2D eigenvalue weighted by atomic mass is 35.5. The van der Waals surface area contributed by atoms with Crippen molar-refractivity contribution in [3.05, 3.63) is 33.8 Å². The molecule has 0 saturated heterocycles. The van der Waals surface area contributed by atoms with Gasteiger partial charge >= 0.3 is 5.95 Å². The number of nitrogens with zero attached hydrogens (tertiary/aromatic N) is 4. The van der Waals surface area contributed by atoms with Gasteiger partial charge in [-0.1, -0.05) is 53.2 Å². The van der Waals surface area contributed by atoms with Crippen molar-refractivity contribution in [3.63, 3.8) is 0 Å². The number of anilines is 1. The highest BCUT2D eigenvalue weighted by Crippen LogP contribution is 2.28. The summed E-state index contributed by atoms with van der Waals surface area (Å²) in [5.41, 5.74) is 7.12. The lowest BCUT2D eigenvalue weighted by Gasteiger charge is -2.17. The lowest BCUT2D eigenvalue weighted by Crippen LogP contribution is -2.40. The molecule has 0 amide bonds. The number of halogens is 2. The summed E-state index contributed by atoms with van der Waals surface area (Å²) in [6, 6.07) is 5.79. The van der Waals surface area contributed by atoms with Crippen LogP contribution in [0, 0.1) is 0 Å². The van der Waals surface area contributed by atoms with Gasteiger partial charge in [0.05, 0.1) is 5.21 Å². The van der Waals surface area contributed by atoms with E-state index < -0.39 is 0 Å². The highest BCUT2D eigenvalue weighted by molar-refractivity contribution is 6.35. The molecule has 0 radical (unpaired) electrons. The van der Waals surface area contributed by atoms with Crippen LogP contribution in [-0.4, -0.2) is 15.1 Å². The Kier molecular flexibility index (Phi) is 4.31. The van der Waals surface area contributed by atoms with E-state index in [9.17, 15) is 0 Å². The topological polar surface area (TPSA) is 60.6 Å². The standard InChI is InChI=1S/C14H17Cl2N5/c15-11-7-6-10(13(16)8-11)9-20-14(17)21(19-18-20)12-4-2-1-3-5-12/h6-8,12,17H,1-5,9H2/p+1. The van der Waals surface area contributed by atoms with Gasteiger partial charge in [-0.15, -0.1) is 4.68 Å². The first-order chi connectivity index (χ1) is 10.1. The van der Waals surface area contributed by atoms with Gasteiger partial charge in [-0.3, -0.25) is 0 Å². The molecule has 21 heavy (non-hydrogen) atoms. The Labute approximate surface area is 133 Å². The zero-order valence-electron chi connectivity index (χ0n) is 11.7. The predicted molar refractivity (Wildman–Crippen MR) is 82.3 cm³/mol. The van der Waals surface area contributed by atoms with Gasteiger partial charge in [0.1, 0.15) is 17.8 Å². The molecule has 1 saturated carbocycles. The van der Waals surface area contributed by atoms with Crippen LogP contribution >= 0.6 is 23.2 Å². The van der Waals surface area contributed by atoms with E-state index in [-0.39, 0.29) is 0 Å². The minimum Gasteiger partial charge on any atom is -0.306 e. The SMILES string of the molecule is Nc1n(C2CCCCC2)nn[n+]1Cc1ccc(Cl)cc1Cl. The fraction of sp³-hybridized carbons (Fsp3) is 0.500.